The van der Waals surface area contributed by atoms with Gasteiger partial charge < -0.3 is 20.5 Å². The summed E-state index contributed by atoms with van der Waals surface area (Å²) in [7, 11) is 0. The Morgan fingerprint density at radius 3 is 2.55 bits per heavy atom. The molecule has 1 amide bonds. The van der Waals surface area contributed by atoms with E-state index in [1.807, 2.05) is 31.5 Å². The summed E-state index contributed by atoms with van der Waals surface area (Å²) in [6.45, 7) is 5.48. The molecule has 162 valence electrons. The van der Waals surface area contributed by atoms with Gasteiger partial charge >= 0.3 is 0 Å². The van der Waals surface area contributed by atoms with E-state index in [-0.39, 0.29) is 11.8 Å². The number of rotatable bonds is 9. The maximum absolute atomic E-state index is 11.7. The average Bonchev–Trinajstić information content (AvgIpc) is 3.58. The lowest BCUT2D eigenvalue weighted by Crippen LogP contribution is -2.41. The average molecular weight is 419 g/mol. The molecule has 0 saturated heterocycles. The van der Waals surface area contributed by atoms with Crippen molar-refractivity contribution in [2.75, 3.05) is 19.6 Å². The number of aromatic nitrogens is 2. The summed E-state index contributed by atoms with van der Waals surface area (Å²) >= 11 is 0. The molecule has 4 rings (SSSR count). The second-order valence-electron chi connectivity index (χ2n) is 7.86. The van der Waals surface area contributed by atoms with E-state index in [2.05, 4.69) is 60.8 Å². The van der Waals surface area contributed by atoms with Gasteiger partial charge in [-0.2, -0.15) is 0 Å². The summed E-state index contributed by atoms with van der Waals surface area (Å²) in [6, 6.07) is 16.7. The third-order valence-electron chi connectivity index (χ3n) is 5.33. The summed E-state index contributed by atoms with van der Waals surface area (Å²) < 4.78 is 2.16. The van der Waals surface area contributed by atoms with Gasteiger partial charge in [-0.25, -0.2) is 9.98 Å². The molecule has 1 heterocycles. The molecular formula is C24H30N6O. The quantitative estimate of drug-likeness (QED) is 0.283. The smallest absolute Gasteiger partial charge is 0.223 e. The van der Waals surface area contributed by atoms with Crippen LogP contribution in [0.3, 0.4) is 0 Å². The van der Waals surface area contributed by atoms with Crippen molar-refractivity contribution in [1.82, 2.24) is 25.5 Å². The zero-order valence-corrected chi connectivity index (χ0v) is 18.0. The number of hydrogen-bond acceptors (Lipinski definition) is 3. The summed E-state index contributed by atoms with van der Waals surface area (Å²) in [6.07, 6.45) is 3.95. The van der Waals surface area contributed by atoms with Gasteiger partial charge in [0.15, 0.2) is 5.96 Å². The van der Waals surface area contributed by atoms with Crippen molar-refractivity contribution < 1.29 is 4.79 Å². The van der Waals surface area contributed by atoms with Gasteiger partial charge in [-0.3, -0.25) is 4.79 Å². The first-order chi connectivity index (χ1) is 15.2. The van der Waals surface area contributed by atoms with Crippen molar-refractivity contribution >= 4 is 22.9 Å². The van der Waals surface area contributed by atoms with E-state index >= 15 is 0 Å². The minimum atomic E-state index is 0.174. The highest BCUT2D eigenvalue weighted by molar-refractivity contribution is 5.81. The van der Waals surface area contributed by atoms with Crippen LogP contribution in [0.25, 0.3) is 11.0 Å². The number of fused-ring (bicyclic) bond motifs is 1. The zero-order chi connectivity index (χ0) is 21.5. The monoisotopic (exact) mass is 418 g/mol. The number of amides is 1. The minimum absolute atomic E-state index is 0.174. The van der Waals surface area contributed by atoms with Gasteiger partial charge in [-0.15, -0.1) is 0 Å². The molecule has 31 heavy (non-hydrogen) atoms. The molecule has 0 unspecified atom stereocenters. The number of hydrogen-bond donors (Lipinski definition) is 3. The van der Waals surface area contributed by atoms with Gasteiger partial charge in [0.25, 0.3) is 0 Å². The van der Waals surface area contributed by atoms with Gasteiger partial charge in [0.2, 0.25) is 5.91 Å². The van der Waals surface area contributed by atoms with Crippen molar-refractivity contribution in [1.29, 1.82) is 0 Å². The number of guanidine groups is 1. The van der Waals surface area contributed by atoms with Crippen molar-refractivity contribution in [2.24, 2.45) is 10.9 Å². The van der Waals surface area contributed by atoms with Crippen LogP contribution in [-0.2, 0) is 17.9 Å². The number of carbonyl (C=O) groups excluding carboxylic acids is 1. The standard InChI is InChI=1S/C24H30N6O/c1-2-25-24(27-14-13-26-23(31)20-11-12-20)28-15-18-7-9-19(10-8-18)16-30-17-29-21-5-3-4-6-22(21)30/h3-10,17,20H,2,11-16H2,1H3,(H,26,31)(H2,25,27,28). The van der Waals surface area contributed by atoms with Gasteiger partial charge in [0, 0.05) is 32.1 Å². The topological polar surface area (TPSA) is 83.3 Å². The van der Waals surface area contributed by atoms with E-state index in [4.69, 9.17) is 0 Å². The molecule has 1 saturated carbocycles. The first-order valence-electron chi connectivity index (χ1n) is 11.0. The predicted molar refractivity (Wildman–Crippen MR) is 124 cm³/mol. The molecule has 0 bridgehead atoms. The van der Waals surface area contributed by atoms with Crippen LogP contribution < -0.4 is 16.0 Å². The Labute approximate surface area is 183 Å². The van der Waals surface area contributed by atoms with Crippen LogP contribution in [0.4, 0.5) is 0 Å². The molecule has 0 atom stereocenters. The van der Waals surface area contributed by atoms with Crippen LogP contribution in [0.15, 0.2) is 59.9 Å². The van der Waals surface area contributed by atoms with Gasteiger partial charge in [-0.1, -0.05) is 36.4 Å². The lowest BCUT2D eigenvalue weighted by atomic mass is 10.1. The first-order valence-corrected chi connectivity index (χ1v) is 11.0. The summed E-state index contributed by atoms with van der Waals surface area (Å²) in [5.41, 5.74) is 4.54. The number of imidazole rings is 1. The van der Waals surface area contributed by atoms with E-state index in [9.17, 15) is 4.79 Å². The molecule has 0 radical (unpaired) electrons. The molecule has 1 aliphatic carbocycles. The largest absolute Gasteiger partial charge is 0.357 e. The second kappa shape index (κ2) is 10.1. The fourth-order valence-electron chi connectivity index (χ4n) is 3.45. The normalized spacial score (nSPS) is 13.9. The van der Waals surface area contributed by atoms with Crippen LogP contribution in [0.2, 0.25) is 0 Å². The summed E-state index contributed by atoms with van der Waals surface area (Å²) in [4.78, 5) is 20.8. The fraction of sp³-hybridized carbons (Fsp3) is 0.375. The molecular weight excluding hydrogens is 388 g/mol. The number of nitrogens with one attached hydrogen (secondary N) is 3. The minimum Gasteiger partial charge on any atom is -0.357 e. The van der Waals surface area contributed by atoms with Gasteiger partial charge in [0.05, 0.1) is 23.9 Å². The van der Waals surface area contributed by atoms with E-state index in [1.54, 1.807) is 0 Å². The zero-order valence-electron chi connectivity index (χ0n) is 18.0. The third-order valence-corrected chi connectivity index (χ3v) is 5.33. The Kier molecular flexibility index (Phi) is 6.82. The fourth-order valence-corrected chi connectivity index (χ4v) is 3.45. The molecule has 7 nitrogen and oxygen atoms in total. The number of carbonyl (C=O) groups is 1. The molecule has 3 aromatic rings. The van der Waals surface area contributed by atoms with Crippen molar-refractivity contribution in [2.45, 2.75) is 32.9 Å². The van der Waals surface area contributed by atoms with E-state index < -0.39 is 0 Å². The summed E-state index contributed by atoms with van der Waals surface area (Å²) in [5.74, 6) is 1.18. The third kappa shape index (κ3) is 5.84. The van der Waals surface area contributed by atoms with Crippen molar-refractivity contribution in [3.8, 4) is 0 Å². The molecule has 2 aromatic carbocycles. The number of para-hydroxylation sites is 2. The Hall–Kier alpha value is -3.35. The summed E-state index contributed by atoms with van der Waals surface area (Å²) in [5, 5.41) is 9.49. The van der Waals surface area contributed by atoms with Crippen molar-refractivity contribution in [3.63, 3.8) is 0 Å². The van der Waals surface area contributed by atoms with E-state index in [1.165, 1.54) is 5.56 Å². The molecule has 3 N–H and O–H groups in total. The maximum atomic E-state index is 11.7. The number of aliphatic imine (C=N–C) groups is 1. The molecule has 1 aromatic heterocycles. The Bertz CT molecular complexity index is 1040. The maximum Gasteiger partial charge on any atom is 0.223 e. The van der Waals surface area contributed by atoms with E-state index in [0.29, 0.717) is 19.6 Å². The van der Waals surface area contributed by atoms with Gasteiger partial charge in [0.1, 0.15) is 0 Å². The van der Waals surface area contributed by atoms with Crippen LogP contribution in [-0.4, -0.2) is 41.1 Å². The number of benzene rings is 2. The first kappa shape index (κ1) is 20.9. The lowest BCUT2D eigenvalue weighted by molar-refractivity contribution is -0.122. The van der Waals surface area contributed by atoms with Crippen molar-refractivity contribution in [3.05, 3.63) is 66.0 Å². The van der Waals surface area contributed by atoms with Crippen LogP contribution in [0.1, 0.15) is 30.9 Å². The Morgan fingerprint density at radius 1 is 1.03 bits per heavy atom. The number of nitrogens with zero attached hydrogens (tertiary/aromatic N) is 3. The molecule has 0 aliphatic heterocycles. The SMILES string of the molecule is CCNC(=NCc1ccc(Cn2cnc3ccccc32)cc1)NCCNC(=O)C1CC1. The predicted octanol–water partition coefficient (Wildman–Crippen LogP) is 2.67. The molecule has 0 spiro atoms. The van der Waals surface area contributed by atoms with Gasteiger partial charge in [-0.05, 0) is 43.0 Å². The molecule has 1 aliphatic rings. The molecule has 1 fully saturated rings. The molecule has 7 heteroatoms. The lowest BCUT2D eigenvalue weighted by Gasteiger charge is -2.12. The van der Waals surface area contributed by atoms with E-state index in [0.717, 1.165) is 48.5 Å². The second-order valence-corrected chi connectivity index (χ2v) is 7.86. The highest BCUT2D eigenvalue weighted by atomic mass is 16.2. The Balaban J connectivity index is 1.28. The van der Waals surface area contributed by atoms with Crippen LogP contribution in [0.5, 0.6) is 0 Å². The van der Waals surface area contributed by atoms with Crippen LogP contribution in [0, 0.1) is 5.92 Å². The highest BCUT2D eigenvalue weighted by Gasteiger charge is 2.28. The van der Waals surface area contributed by atoms with Crippen LogP contribution >= 0.6 is 0 Å². The highest BCUT2D eigenvalue weighted by Crippen LogP contribution is 2.28. The Morgan fingerprint density at radius 2 is 1.77 bits per heavy atom.